The maximum atomic E-state index is 13.5. The molecule has 1 N–H and O–H groups in total. The lowest BCUT2D eigenvalue weighted by Crippen LogP contribution is -2.51. The van der Waals surface area contributed by atoms with E-state index < -0.39 is 28.5 Å². The van der Waals surface area contributed by atoms with Gasteiger partial charge < -0.3 is 10.2 Å². The number of halogens is 1. The Kier molecular flexibility index (Phi) is 9.48. The Labute approximate surface area is 205 Å². The highest BCUT2D eigenvalue weighted by Crippen LogP contribution is 2.24. The molecule has 0 saturated heterocycles. The molecule has 0 aliphatic rings. The monoisotopic (exact) mass is 537 g/mol. The second-order valence-corrected chi connectivity index (χ2v) is 11.0. The normalized spacial score (nSPS) is 12.2. The van der Waals surface area contributed by atoms with Crippen molar-refractivity contribution in [2.75, 3.05) is 23.7 Å². The zero-order valence-electron chi connectivity index (χ0n) is 19.8. The van der Waals surface area contributed by atoms with Crippen molar-refractivity contribution in [3.05, 3.63) is 63.6 Å². The zero-order valence-corrected chi connectivity index (χ0v) is 22.2. The lowest BCUT2D eigenvalue weighted by molar-refractivity contribution is -0.139. The predicted octanol–water partition coefficient (Wildman–Crippen LogP) is 3.78. The Bertz CT molecular complexity index is 1100. The maximum Gasteiger partial charge on any atom is 0.244 e. The fourth-order valence-electron chi connectivity index (χ4n) is 3.39. The number of nitrogens with zero attached hydrogens (tertiary/aromatic N) is 2. The van der Waals surface area contributed by atoms with Crippen LogP contribution >= 0.6 is 15.9 Å². The number of sulfonamides is 1. The largest absolute Gasteiger partial charge is 0.354 e. The van der Waals surface area contributed by atoms with Gasteiger partial charge in [0, 0.05) is 17.6 Å². The fourth-order valence-corrected chi connectivity index (χ4v) is 4.74. The van der Waals surface area contributed by atoms with Crippen molar-refractivity contribution in [2.24, 2.45) is 0 Å². The first-order valence-corrected chi connectivity index (χ1v) is 13.4. The third kappa shape index (κ3) is 7.57. The number of carbonyl (C=O) groups is 2. The summed E-state index contributed by atoms with van der Waals surface area (Å²) >= 11 is 3.43. The average Bonchev–Trinajstić information content (AvgIpc) is 2.74. The molecule has 2 amide bonds. The first-order valence-electron chi connectivity index (χ1n) is 10.8. The number of carbonyl (C=O) groups excluding carboxylic acids is 2. The van der Waals surface area contributed by atoms with Crippen molar-refractivity contribution in [2.45, 2.75) is 46.7 Å². The van der Waals surface area contributed by atoms with Gasteiger partial charge in [-0.2, -0.15) is 0 Å². The third-order valence-corrected chi connectivity index (χ3v) is 6.89. The number of hydrogen-bond donors (Lipinski definition) is 1. The van der Waals surface area contributed by atoms with Crippen molar-refractivity contribution < 1.29 is 18.0 Å². The summed E-state index contributed by atoms with van der Waals surface area (Å²) in [4.78, 5) is 27.6. The molecule has 0 heterocycles. The van der Waals surface area contributed by atoms with Crippen molar-refractivity contribution in [3.8, 4) is 0 Å². The quantitative estimate of drug-likeness (QED) is 0.499. The molecule has 0 aliphatic heterocycles. The van der Waals surface area contributed by atoms with Crippen LogP contribution in [0.4, 0.5) is 5.69 Å². The van der Waals surface area contributed by atoms with E-state index in [0.29, 0.717) is 12.2 Å². The van der Waals surface area contributed by atoms with E-state index in [0.717, 1.165) is 38.1 Å². The van der Waals surface area contributed by atoms with Crippen LogP contribution in [-0.2, 0) is 26.2 Å². The fraction of sp³-hybridized carbons (Fsp3) is 0.417. The van der Waals surface area contributed by atoms with Gasteiger partial charge in [0.2, 0.25) is 21.8 Å². The number of amides is 2. The van der Waals surface area contributed by atoms with Crippen molar-refractivity contribution >= 4 is 43.5 Å². The van der Waals surface area contributed by atoms with Crippen LogP contribution in [0.2, 0.25) is 0 Å². The molecule has 0 aromatic heterocycles. The minimum absolute atomic E-state index is 0.170. The van der Waals surface area contributed by atoms with Gasteiger partial charge >= 0.3 is 0 Å². The molecule has 2 aromatic rings. The average molecular weight is 539 g/mol. The molecule has 33 heavy (non-hydrogen) atoms. The summed E-state index contributed by atoms with van der Waals surface area (Å²) in [5.41, 5.74) is 2.91. The summed E-state index contributed by atoms with van der Waals surface area (Å²) in [6.45, 7) is 7.54. The van der Waals surface area contributed by atoms with Crippen LogP contribution in [0, 0.1) is 13.8 Å². The minimum Gasteiger partial charge on any atom is -0.354 e. The third-order valence-electron chi connectivity index (χ3n) is 5.27. The topological polar surface area (TPSA) is 86.8 Å². The van der Waals surface area contributed by atoms with E-state index in [1.54, 1.807) is 19.9 Å². The van der Waals surface area contributed by atoms with Crippen LogP contribution < -0.4 is 9.62 Å². The highest BCUT2D eigenvalue weighted by Gasteiger charge is 2.30. The second-order valence-electron chi connectivity index (χ2n) is 8.18. The smallest absolute Gasteiger partial charge is 0.244 e. The molecular formula is C24H32BrN3O4S. The van der Waals surface area contributed by atoms with Gasteiger partial charge in [0.25, 0.3) is 0 Å². The van der Waals surface area contributed by atoms with Gasteiger partial charge in [0.05, 0.1) is 11.9 Å². The first-order chi connectivity index (χ1) is 15.4. The minimum atomic E-state index is -3.75. The lowest BCUT2D eigenvalue weighted by atomic mass is 10.1. The van der Waals surface area contributed by atoms with Crippen molar-refractivity contribution in [1.29, 1.82) is 0 Å². The molecule has 180 valence electrons. The zero-order chi connectivity index (χ0) is 24.8. The number of aryl methyl sites for hydroxylation is 2. The Morgan fingerprint density at radius 2 is 1.82 bits per heavy atom. The highest BCUT2D eigenvalue weighted by molar-refractivity contribution is 9.10. The molecule has 0 unspecified atom stereocenters. The first kappa shape index (κ1) is 26.9. The molecule has 0 radical (unpaired) electrons. The van der Waals surface area contributed by atoms with E-state index in [-0.39, 0.29) is 12.5 Å². The van der Waals surface area contributed by atoms with Crippen molar-refractivity contribution in [3.63, 3.8) is 0 Å². The highest BCUT2D eigenvalue weighted by atomic mass is 79.9. The molecule has 7 nitrogen and oxygen atoms in total. The molecule has 9 heteroatoms. The van der Waals surface area contributed by atoms with Crippen LogP contribution in [0.3, 0.4) is 0 Å². The number of nitrogens with one attached hydrogen (secondary N) is 1. The van der Waals surface area contributed by atoms with Gasteiger partial charge in [-0.05, 0) is 62.1 Å². The summed E-state index contributed by atoms with van der Waals surface area (Å²) in [6, 6.07) is 12.1. The van der Waals surface area contributed by atoms with Gasteiger partial charge in [0.15, 0.2) is 0 Å². The Morgan fingerprint density at radius 3 is 2.42 bits per heavy atom. The van der Waals surface area contributed by atoms with Gasteiger partial charge in [-0.3, -0.25) is 13.9 Å². The van der Waals surface area contributed by atoms with Crippen LogP contribution in [0.15, 0.2) is 46.9 Å². The number of anilines is 1. The summed E-state index contributed by atoms with van der Waals surface area (Å²) in [7, 11) is -3.75. The molecular weight excluding hydrogens is 506 g/mol. The number of rotatable bonds is 10. The van der Waals surface area contributed by atoms with Gasteiger partial charge in [0.1, 0.15) is 12.6 Å². The molecule has 2 aromatic carbocycles. The van der Waals surface area contributed by atoms with E-state index >= 15 is 0 Å². The summed E-state index contributed by atoms with van der Waals surface area (Å²) < 4.78 is 27.3. The molecule has 0 bridgehead atoms. The summed E-state index contributed by atoms with van der Waals surface area (Å²) in [6.07, 6.45) is 1.85. The Morgan fingerprint density at radius 1 is 1.12 bits per heavy atom. The Balaban J connectivity index is 2.42. The lowest BCUT2D eigenvalue weighted by Gasteiger charge is -2.32. The van der Waals surface area contributed by atoms with E-state index in [4.69, 9.17) is 0 Å². The van der Waals surface area contributed by atoms with Crippen molar-refractivity contribution in [1.82, 2.24) is 10.2 Å². The molecule has 0 fully saturated rings. The van der Waals surface area contributed by atoms with Crippen LogP contribution in [0.1, 0.15) is 37.0 Å². The van der Waals surface area contributed by atoms with Gasteiger partial charge in [-0.15, -0.1) is 0 Å². The maximum absolute atomic E-state index is 13.5. The molecule has 0 spiro atoms. The molecule has 1 atom stereocenters. The van der Waals surface area contributed by atoms with E-state index in [1.807, 2.05) is 50.2 Å². The number of hydrogen-bond acceptors (Lipinski definition) is 4. The SMILES string of the molecule is CCCNC(=O)[C@H](C)N(Cc1cccc(Br)c1)C(=O)CN(c1cc(C)ccc1C)S(C)(=O)=O. The Hall–Kier alpha value is -2.39. The van der Waals surface area contributed by atoms with Gasteiger partial charge in [-0.25, -0.2) is 8.42 Å². The van der Waals surface area contributed by atoms with Gasteiger partial charge in [-0.1, -0.05) is 47.1 Å². The van der Waals surface area contributed by atoms with Crippen LogP contribution in [-0.4, -0.2) is 50.5 Å². The molecule has 0 aliphatic carbocycles. The predicted molar refractivity (Wildman–Crippen MR) is 136 cm³/mol. The standard InChI is InChI=1S/C24H32BrN3O4S/c1-6-12-26-24(30)19(4)27(15-20-8-7-9-21(25)14-20)23(29)16-28(33(5,31)32)22-13-17(2)10-11-18(22)3/h7-11,13-14,19H,6,12,15-16H2,1-5H3,(H,26,30)/t19-/m0/s1. The van der Waals surface area contributed by atoms with E-state index in [2.05, 4.69) is 21.2 Å². The molecule has 2 rings (SSSR count). The van der Waals surface area contributed by atoms with Crippen LogP contribution in [0.25, 0.3) is 0 Å². The van der Waals surface area contributed by atoms with Crippen LogP contribution in [0.5, 0.6) is 0 Å². The summed E-state index contributed by atoms with van der Waals surface area (Å²) in [5.74, 6) is -0.738. The second kappa shape index (κ2) is 11.7. The van der Waals surface area contributed by atoms with E-state index in [9.17, 15) is 18.0 Å². The number of benzene rings is 2. The molecule has 0 saturated carbocycles. The summed E-state index contributed by atoms with van der Waals surface area (Å²) in [5, 5.41) is 2.82. The van der Waals surface area contributed by atoms with E-state index in [1.165, 1.54) is 4.90 Å².